The number of hydrogen-bond donors (Lipinski definition) is 1. The highest BCUT2D eigenvalue weighted by Gasteiger charge is 2.17. The van der Waals surface area contributed by atoms with Crippen LogP contribution < -0.4 is 5.32 Å². The third kappa shape index (κ3) is 4.89. The smallest absolute Gasteiger partial charge is 0.234 e. The van der Waals surface area contributed by atoms with Crippen molar-refractivity contribution in [1.82, 2.24) is 14.8 Å². The summed E-state index contributed by atoms with van der Waals surface area (Å²) in [5, 5.41) is 13.3. The van der Waals surface area contributed by atoms with Crippen molar-refractivity contribution < 1.29 is 4.79 Å². The molecule has 0 aliphatic rings. The Labute approximate surface area is 181 Å². The number of carbonyl (C=O) groups excluding carboxylic acids is 1. The van der Waals surface area contributed by atoms with Gasteiger partial charge in [-0.1, -0.05) is 64.8 Å². The molecule has 3 rings (SSSR count). The summed E-state index contributed by atoms with van der Waals surface area (Å²) < 4.78 is 1.86. The monoisotopic (exact) mass is 452 g/mol. The Bertz CT molecular complexity index is 1020. The van der Waals surface area contributed by atoms with Crippen molar-refractivity contribution in [3.8, 4) is 11.4 Å². The van der Waals surface area contributed by atoms with E-state index in [9.17, 15) is 4.79 Å². The molecule has 1 amide bonds. The van der Waals surface area contributed by atoms with E-state index in [2.05, 4.69) is 22.1 Å². The van der Waals surface area contributed by atoms with E-state index < -0.39 is 0 Å². The number of nitrogens with one attached hydrogen (secondary N) is 1. The summed E-state index contributed by atoms with van der Waals surface area (Å²) in [6.07, 6.45) is 1.74. The minimum Gasteiger partial charge on any atom is -0.324 e. The number of rotatable bonds is 7. The first kappa shape index (κ1) is 20.7. The Kier molecular flexibility index (Phi) is 7.02. The van der Waals surface area contributed by atoms with E-state index in [0.29, 0.717) is 38.3 Å². The molecule has 0 saturated carbocycles. The number of halogens is 3. The summed E-state index contributed by atoms with van der Waals surface area (Å²) in [4.78, 5) is 12.3. The van der Waals surface area contributed by atoms with Gasteiger partial charge in [0.15, 0.2) is 11.0 Å². The average Bonchev–Trinajstić information content (AvgIpc) is 3.06. The largest absolute Gasteiger partial charge is 0.324 e. The molecule has 0 atom stereocenters. The van der Waals surface area contributed by atoms with Gasteiger partial charge in [0.1, 0.15) is 0 Å². The summed E-state index contributed by atoms with van der Waals surface area (Å²) in [6, 6.07) is 12.3. The second kappa shape index (κ2) is 9.47. The molecule has 1 aromatic heterocycles. The first-order chi connectivity index (χ1) is 13.5. The molecule has 0 fully saturated rings. The number of carbonyl (C=O) groups is 1. The fourth-order valence-corrected chi connectivity index (χ4v) is 3.86. The fourth-order valence-electron chi connectivity index (χ4n) is 2.44. The van der Waals surface area contributed by atoms with Gasteiger partial charge in [0.25, 0.3) is 0 Å². The molecular formula is C19H15Cl3N4OS. The summed E-state index contributed by atoms with van der Waals surface area (Å²) in [7, 11) is 0. The molecule has 0 radical (unpaired) electrons. The van der Waals surface area contributed by atoms with Crippen molar-refractivity contribution in [1.29, 1.82) is 0 Å². The summed E-state index contributed by atoms with van der Waals surface area (Å²) >= 11 is 19.5. The van der Waals surface area contributed by atoms with E-state index in [1.165, 1.54) is 11.8 Å². The standard InChI is InChI=1S/C19H15Cl3N4OS/c1-2-9-26-18(13-5-3-4-6-14(13)21)24-25-19(26)28-11-17(27)23-16-8-7-12(20)10-15(16)22/h2-8,10H,1,9,11H2,(H,23,27). The first-order valence-corrected chi connectivity index (χ1v) is 10.3. The van der Waals surface area contributed by atoms with E-state index in [1.807, 2.05) is 22.8 Å². The van der Waals surface area contributed by atoms with Crippen LogP contribution in [0.4, 0.5) is 5.69 Å². The predicted octanol–water partition coefficient (Wildman–Crippen LogP) is 5.82. The van der Waals surface area contributed by atoms with Crippen molar-refractivity contribution in [2.75, 3.05) is 11.1 Å². The number of anilines is 1. The second-order valence-electron chi connectivity index (χ2n) is 5.65. The number of aromatic nitrogens is 3. The van der Waals surface area contributed by atoms with Crippen molar-refractivity contribution in [2.24, 2.45) is 0 Å². The molecule has 0 aliphatic carbocycles. The highest BCUT2D eigenvalue weighted by Crippen LogP contribution is 2.30. The number of amides is 1. The normalized spacial score (nSPS) is 10.7. The average molecular weight is 454 g/mol. The first-order valence-electron chi connectivity index (χ1n) is 8.16. The van der Waals surface area contributed by atoms with Crippen molar-refractivity contribution >= 4 is 58.2 Å². The van der Waals surface area contributed by atoms with Gasteiger partial charge >= 0.3 is 0 Å². The van der Waals surface area contributed by atoms with Crippen LogP contribution in [0, 0.1) is 0 Å². The molecule has 2 aromatic carbocycles. The predicted molar refractivity (Wildman–Crippen MR) is 116 cm³/mol. The lowest BCUT2D eigenvalue weighted by Crippen LogP contribution is -2.15. The Morgan fingerprint density at radius 2 is 1.93 bits per heavy atom. The molecule has 1 heterocycles. The number of hydrogen-bond acceptors (Lipinski definition) is 4. The van der Waals surface area contributed by atoms with E-state index in [1.54, 1.807) is 30.3 Å². The van der Waals surface area contributed by atoms with Crippen LogP contribution >= 0.6 is 46.6 Å². The van der Waals surface area contributed by atoms with Crippen molar-refractivity contribution in [3.05, 3.63) is 70.2 Å². The number of nitrogens with zero attached hydrogens (tertiary/aromatic N) is 3. The third-order valence-electron chi connectivity index (χ3n) is 3.68. The van der Waals surface area contributed by atoms with Crippen molar-refractivity contribution in [3.63, 3.8) is 0 Å². The van der Waals surface area contributed by atoms with Gasteiger partial charge in [0.2, 0.25) is 5.91 Å². The lowest BCUT2D eigenvalue weighted by Gasteiger charge is -2.09. The molecule has 0 bridgehead atoms. The zero-order valence-electron chi connectivity index (χ0n) is 14.5. The van der Waals surface area contributed by atoms with Gasteiger partial charge < -0.3 is 5.32 Å². The van der Waals surface area contributed by atoms with E-state index in [0.717, 1.165) is 5.56 Å². The number of thioether (sulfide) groups is 1. The molecule has 0 aliphatic heterocycles. The minimum atomic E-state index is -0.221. The molecule has 9 heteroatoms. The van der Waals surface area contributed by atoms with Gasteiger partial charge in [0.05, 0.1) is 21.5 Å². The molecule has 3 aromatic rings. The van der Waals surface area contributed by atoms with E-state index >= 15 is 0 Å². The zero-order valence-corrected chi connectivity index (χ0v) is 17.6. The highest BCUT2D eigenvalue weighted by molar-refractivity contribution is 7.99. The van der Waals surface area contributed by atoms with Crippen LogP contribution in [-0.2, 0) is 11.3 Å². The Morgan fingerprint density at radius 1 is 1.14 bits per heavy atom. The van der Waals surface area contributed by atoms with Crippen LogP contribution in [0.5, 0.6) is 0 Å². The topological polar surface area (TPSA) is 59.8 Å². The zero-order chi connectivity index (χ0) is 20.1. The molecule has 144 valence electrons. The molecule has 1 N–H and O–H groups in total. The Balaban J connectivity index is 1.74. The molecule has 0 spiro atoms. The summed E-state index contributed by atoms with van der Waals surface area (Å²) in [6.45, 7) is 4.27. The SMILES string of the molecule is C=CCn1c(SCC(=O)Nc2ccc(Cl)cc2Cl)nnc1-c1ccccc1Cl. The van der Waals surface area contributed by atoms with Crippen LogP contribution in [0.25, 0.3) is 11.4 Å². The molecular weight excluding hydrogens is 439 g/mol. The summed E-state index contributed by atoms with van der Waals surface area (Å²) in [5.41, 5.74) is 1.27. The van der Waals surface area contributed by atoms with Gasteiger partial charge in [0, 0.05) is 17.1 Å². The highest BCUT2D eigenvalue weighted by atomic mass is 35.5. The Hall–Kier alpha value is -1.99. The molecule has 28 heavy (non-hydrogen) atoms. The van der Waals surface area contributed by atoms with Gasteiger partial charge in [-0.3, -0.25) is 9.36 Å². The fraction of sp³-hybridized carbons (Fsp3) is 0.105. The maximum Gasteiger partial charge on any atom is 0.234 e. The molecule has 5 nitrogen and oxygen atoms in total. The number of allylic oxidation sites excluding steroid dienone is 1. The quantitative estimate of drug-likeness (QED) is 0.361. The maximum atomic E-state index is 12.3. The van der Waals surface area contributed by atoms with Crippen molar-refractivity contribution in [2.45, 2.75) is 11.7 Å². The summed E-state index contributed by atoms with van der Waals surface area (Å²) in [5.74, 6) is 0.535. The lowest BCUT2D eigenvalue weighted by atomic mass is 10.2. The van der Waals surface area contributed by atoms with Gasteiger partial charge in [-0.15, -0.1) is 16.8 Å². The van der Waals surface area contributed by atoms with Gasteiger partial charge in [-0.25, -0.2) is 0 Å². The van der Waals surface area contributed by atoms with E-state index in [-0.39, 0.29) is 11.7 Å². The lowest BCUT2D eigenvalue weighted by molar-refractivity contribution is -0.113. The van der Waals surface area contributed by atoms with Gasteiger partial charge in [-0.2, -0.15) is 0 Å². The second-order valence-corrected chi connectivity index (χ2v) is 7.84. The van der Waals surface area contributed by atoms with Crippen LogP contribution in [0.15, 0.2) is 60.3 Å². The number of benzene rings is 2. The molecule has 0 saturated heterocycles. The third-order valence-corrected chi connectivity index (χ3v) is 5.53. The van der Waals surface area contributed by atoms with Gasteiger partial charge in [-0.05, 0) is 30.3 Å². The van der Waals surface area contributed by atoms with Crippen LogP contribution in [0.2, 0.25) is 15.1 Å². The molecule has 0 unspecified atom stereocenters. The van der Waals surface area contributed by atoms with Crippen LogP contribution in [0.1, 0.15) is 0 Å². The van der Waals surface area contributed by atoms with Crippen LogP contribution in [-0.4, -0.2) is 26.4 Å². The minimum absolute atomic E-state index is 0.136. The van der Waals surface area contributed by atoms with E-state index in [4.69, 9.17) is 34.8 Å². The Morgan fingerprint density at radius 3 is 2.64 bits per heavy atom. The maximum absolute atomic E-state index is 12.3. The van der Waals surface area contributed by atoms with Crippen LogP contribution in [0.3, 0.4) is 0 Å².